The van der Waals surface area contributed by atoms with E-state index in [0.717, 1.165) is 43.7 Å². The molecule has 1 aromatic carbocycles. The normalized spacial score (nSPS) is 21.0. The van der Waals surface area contributed by atoms with Crippen molar-refractivity contribution in [2.75, 3.05) is 13.1 Å². The van der Waals surface area contributed by atoms with Gasteiger partial charge in [-0.15, -0.1) is 0 Å². The molecule has 2 fully saturated rings. The lowest BCUT2D eigenvalue weighted by molar-refractivity contribution is -0.135. The fourth-order valence-corrected chi connectivity index (χ4v) is 3.91. The van der Waals surface area contributed by atoms with Crippen LogP contribution < -0.4 is 5.32 Å². The van der Waals surface area contributed by atoms with Crippen molar-refractivity contribution in [1.82, 2.24) is 20.4 Å². The molecule has 136 valence electrons. The summed E-state index contributed by atoms with van der Waals surface area (Å²) in [5.74, 6) is 0.444. The van der Waals surface area contributed by atoms with Crippen molar-refractivity contribution >= 4 is 11.8 Å². The van der Waals surface area contributed by atoms with Crippen LogP contribution in [0.5, 0.6) is 0 Å². The average Bonchev–Trinajstić information content (AvgIpc) is 3.31. The molecule has 26 heavy (non-hydrogen) atoms. The maximum Gasteiger partial charge on any atom is 0.245 e. The number of hydrogen-bond acceptors (Lipinski definition) is 3. The first kappa shape index (κ1) is 16.8. The summed E-state index contributed by atoms with van der Waals surface area (Å²) in [6.45, 7) is 1.47. The largest absolute Gasteiger partial charge is 0.344 e. The molecule has 0 spiro atoms. The fraction of sp³-hybridized carbons (Fsp3) is 0.450. The van der Waals surface area contributed by atoms with E-state index in [2.05, 4.69) is 33.7 Å². The third kappa shape index (κ3) is 3.64. The molecular formula is C20H24N4O2. The molecule has 2 aliphatic rings. The van der Waals surface area contributed by atoms with Gasteiger partial charge in [-0.1, -0.05) is 30.3 Å². The third-order valence-corrected chi connectivity index (χ3v) is 5.41. The van der Waals surface area contributed by atoms with Crippen molar-refractivity contribution < 1.29 is 9.59 Å². The highest BCUT2D eigenvalue weighted by molar-refractivity contribution is 5.90. The summed E-state index contributed by atoms with van der Waals surface area (Å²) in [6, 6.07) is 12.2. The maximum atomic E-state index is 12.5. The Balaban J connectivity index is 1.32. The molecule has 0 unspecified atom stereocenters. The average molecular weight is 352 g/mol. The van der Waals surface area contributed by atoms with Crippen molar-refractivity contribution in [3.8, 4) is 0 Å². The van der Waals surface area contributed by atoms with E-state index in [1.54, 1.807) is 0 Å². The molecule has 2 aromatic rings. The van der Waals surface area contributed by atoms with Crippen molar-refractivity contribution in [2.45, 2.75) is 44.1 Å². The van der Waals surface area contributed by atoms with Gasteiger partial charge in [-0.05, 0) is 30.9 Å². The van der Waals surface area contributed by atoms with Crippen molar-refractivity contribution in [1.29, 1.82) is 0 Å². The predicted octanol–water partition coefficient (Wildman–Crippen LogP) is 1.99. The lowest BCUT2D eigenvalue weighted by Gasteiger charge is -2.32. The number of carbonyl (C=O) groups excluding carboxylic acids is 2. The highest BCUT2D eigenvalue weighted by atomic mass is 16.2. The van der Waals surface area contributed by atoms with Crippen LogP contribution in [0.2, 0.25) is 0 Å². The van der Waals surface area contributed by atoms with Gasteiger partial charge in [0.1, 0.15) is 6.04 Å². The highest BCUT2D eigenvalue weighted by Crippen LogP contribution is 2.28. The Morgan fingerprint density at radius 2 is 1.92 bits per heavy atom. The Kier molecular flexibility index (Phi) is 4.73. The molecule has 0 bridgehead atoms. The number of likely N-dealkylation sites (tertiary alicyclic amines) is 1. The van der Waals surface area contributed by atoms with Crippen LogP contribution >= 0.6 is 0 Å². The number of H-pyrrole nitrogens is 1. The second kappa shape index (κ2) is 7.32. The SMILES string of the molecule is O=C1CC[C@@H](C(=O)N2CCC(c3cc(Cc4ccccc4)[nH]n3)CC2)N1. The zero-order valence-corrected chi connectivity index (χ0v) is 14.8. The van der Waals surface area contributed by atoms with Gasteiger partial charge in [-0.2, -0.15) is 5.10 Å². The third-order valence-electron chi connectivity index (χ3n) is 5.41. The number of aromatic amines is 1. The number of benzene rings is 1. The van der Waals surface area contributed by atoms with Gasteiger partial charge in [0, 0.05) is 37.5 Å². The Morgan fingerprint density at radius 3 is 2.62 bits per heavy atom. The highest BCUT2D eigenvalue weighted by Gasteiger charge is 2.33. The molecular weight excluding hydrogens is 328 g/mol. The van der Waals surface area contributed by atoms with E-state index >= 15 is 0 Å². The van der Waals surface area contributed by atoms with E-state index in [9.17, 15) is 9.59 Å². The molecule has 2 saturated heterocycles. The van der Waals surface area contributed by atoms with Gasteiger partial charge in [0.15, 0.2) is 0 Å². The van der Waals surface area contributed by atoms with Crippen LogP contribution in [0.3, 0.4) is 0 Å². The van der Waals surface area contributed by atoms with Gasteiger partial charge in [-0.3, -0.25) is 14.7 Å². The maximum absolute atomic E-state index is 12.5. The number of carbonyl (C=O) groups is 2. The second-order valence-corrected chi connectivity index (χ2v) is 7.24. The van der Waals surface area contributed by atoms with Crippen LogP contribution in [-0.2, 0) is 16.0 Å². The van der Waals surface area contributed by atoms with E-state index in [4.69, 9.17) is 0 Å². The molecule has 0 saturated carbocycles. The zero-order chi connectivity index (χ0) is 17.9. The smallest absolute Gasteiger partial charge is 0.245 e. The molecule has 1 aromatic heterocycles. The van der Waals surface area contributed by atoms with Gasteiger partial charge in [0.2, 0.25) is 11.8 Å². The lowest BCUT2D eigenvalue weighted by atomic mass is 9.92. The number of nitrogens with zero attached hydrogens (tertiary/aromatic N) is 2. The first-order valence-electron chi connectivity index (χ1n) is 9.35. The van der Waals surface area contributed by atoms with E-state index in [1.165, 1.54) is 5.56 Å². The Bertz CT molecular complexity index is 778. The van der Waals surface area contributed by atoms with E-state index in [0.29, 0.717) is 18.8 Å². The summed E-state index contributed by atoms with van der Waals surface area (Å²) in [6.07, 6.45) is 3.78. The summed E-state index contributed by atoms with van der Waals surface area (Å²) < 4.78 is 0. The number of aromatic nitrogens is 2. The summed E-state index contributed by atoms with van der Waals surface area (Å²) in [7, 11) is 0. The predicted molar refractivity (Wildman–Crippen MR) is 97.6 cm³/mol. The fourth-order valence-electron chi connectivity index (χ4n) is 3.91. The van der Waals surface area contributed by atoms with Gasteiger partial charge >= 0.3 is 0 Å². The van der Waals surface area contributed by atoms with Crippen LogP contribution in [0.4, 0.5) is 0 Å². The number of hydrogen-bond donors (Lipinski definition) is 2. The summed E-state index contributed by atoms with van der Waals surface area (Å²) >= 11 is 0. The van der Waals surface area contributed by atoms with Crippen LogP contribution in [0, 0.1) is 0 Å². The molecule has 0 radical (unpaired) electrons. The van der Waals surface area contributed by atoms with Crippen molar-refractivity contribution in [2.24, 2.45) is 0 Å². The molecule has 6 heteroatoms. The van der Waals surface area contributed by atoms with Crippen molar-refractivity contribution in [3.05, 3.63) is 53.3 Å². The quantitative estimate of drug-likeness (QED) is 0.883. The number of rotatable bonds is 4. The number of nitrogens with one attached hydrogen (secondary N) is 2. The molecule has 4 rings (SSSR count). The first-order valence-corrected chi connectivity index (χ1v) is 9.35. The standard InChI is InChI=1S/C20H24N4O2/c25-19-7-6-17(21-19)20(26)24-10-8-15(9-11-24)18-13-16(22-23-18)12-14-4-2-1-3-5-14/h1-5,13,15,17H,6-12H2,(H,21,25)(H,22,23)/t17-/m0/s1. The van der Waals surface area contributed by atoms with E-state index in [1.807, 2.05) is 23.1 Å². The van der Waals surface area contributed by atoms with Gasteiger partial charge < -0.3 is 10.2 Å². The minimum Gasteiger partial charge on any atom is -0.344 e. The van der Waals surface area contributed by atoms with Crippen LogP contribution in [0.25, 0.3) is 0 Å². The zero-order valence-electron chi connectivity index (χ0n) is 14.8. The molecule has 0 aliphatic carbocycles. The van der Waals surface area contributed by atoms with Gasteiger partial charge in [0.25, 0.3) is 0 Å². The Hall–Kier alpha value is -2.63. The minimum atomic E-state index is -0.318. The summed E-state index contributed by atoms with van der Waals surface area (Å²) in [4.78, 5) is 25.7. The summed E-state index contributed by atoms with van der Waals surface area (Å²) in [5, 5.41) is 10.4. The molecule has 2 N–H and O–H groups in total. The van der Waals surface area contributed by atoms with Crippen LogP contribution in [-0.4, -0.2) is 46.0 Å². The van der Waals surface area contributed by atoms with Gasteiger partial charge in [-0.25, -0.2) is 0 Å². The molecule has 1 atom stereocenters. The Morgan fingerprint density at radius 1 is 1.15 bits per heavy atom. The Labute approximate surface area is 153 Å². The minimum absolute atomic E-state index is 0.0132. The van der Waals surface area contributed by atoms with Crippen molar-refractivity contribution in [3.63, 3.8) is 0 Å². The molecule has 2 amide bonds. The number of amides is 2. The van der Waals surface area contributed by atoms with Crippen LogP contribution in [0.15, 0.2) is 36.4 Å². The number of piperidine rings is 1. The molecule has 6 nitrogen and oxygen atoms in total. The van der Waals surface area contributed by atoms with Crippen LogP contribution in [0.1, 0.15) is 48.6 Å². The van der Waals surface area contributed by atoms with Gasteiger partial charge in [0.05, 0.1) is 5.69 Å². The second-order valence-electron chi connectivity index (χ2n) is 7.24. The first-order chi connectivity index (χ1) is 12.7. The van der Waals surface area contributed by atoms with E-state index in [-0.39, 0.29) is 17.9 Å². The molecule has 2 aliphatic heterocycles. The van der Waals surface area contributed by atoms with E-state index < -0.39 is 0 Å². The topological polar surface area (TPSA) is 78.1 Å². The lowest BCUT2D eigenvalue weighted by Crippen LogP contribution is -2.47. The molecule has 3 heterocycles. The monoisotopic (exact) mass is 352 g/mol. The summed E-state index contributed by atoms with van der Waals surface area (Å²) in [5.41, 5.74) is 3.48.